The van der Waals surface area contributed by atoms with Gasteiger partial charge in [0.15, 0.2) is 5.82 Å². The van der Waals surface area contributed by atoms with E-state index < -0.39 is 0 Å². The quantitative estimate of drug-likeness (QED) is 0.352. The van der Waals surface area contributed by atoms with Crippen LogP contribution in [0.3, 0.4) is 0 Å². The van der Waals surface area contributed by atoms with E-state index in [4.69, 9.17) is 0 Å². The maximum absolute atomic E-state index is 13.4. The third kappa shape index (κ3) is 4.53. The minimum atomic E-state index is -0.0999. The zero-order valence-corrected chi connectivity index (χ0v) is 21.6. The number of amides is 2. The van der Waals surface area contributed by atoms with E-state index in [9.17, 15) is 9.59 Å². The molecule has 2 N–H and O–H groups in total. The Morgan fingerprint density at radius 2 is 1.35 bits per heavy atom. The topological polar surface area (TPSA) is 120 Å². The number of pyridine rings is 3. The van der Waals surface area contributed by atoms with Gasteiger partial charge in [-0.15, -0.1) is 0 Å². The first-order chi connectivity index (χ1) is 19.6. The van der Waals surface area contributed by atoms with Crippen LogP contribution in [0.1, 0.15) is 21.0 Å². The molecule has 0 bridgehead atoms. The standard InChI is InChI=1S/C30H26N8O2/c39-29(24-10-5-9-23(32-24)28-34-21-7-1-2-8-22(21)35-28)37-15-19-17-38(18-20(19)16-37)30(40)25-11-6-13-27(33-25)36-26-12-3-4-14-31-26/h1-14,19-20H,15-18H2,(H,34,35)(H,31,33,36). The molecule has 10 heteroatoms. The highest BCUT2D eigenvalue weighted by Crippen LogP contribution is 2.33. The summed E-state index contributed by atoms with van der Waals surface area (Å²) in [4.78, 5) is 51.7. The second-order valence-electron chi connectivity index (χ2n) is 10.2. The van der Waals surface area contributed by atoms with Gasteiger partial charge in [-0.3, -0.25) is 9.59 Å². The lowest BCUT2D eigenvalue weighted by Crippen LogP contribution is -2.36. The number of aromatic nitrogens is 5. The first-order valence-electron chi connectivity index (χ1n) is 13.3. The molecule has 198 valence electrons. The van der Waals surface area contributed by atoms with E-state index in [2.05, 4.69) is 30.2 Å². The number of imidazole rings is 1. The summed E-state index contributed by atoms with van der Waals surface area (Å²) in [5.74, 6) is 2.12. The summed E-state index contributed by atoms with van der Waals surface area (Å²) in [6, 6.07) is 24.1. The molecule has 2 unspecified atom stereocenters. The number of rotatable bonds is 5. The molecule has 6 heterocycles. The number of fused-ring (bicyclic) bond motifs is 2. The predicted octanol–water partition coefficient (Wildman–Crippen LogP) is 4.00. The summed E-state index contributed by atoms with van der Waals surface area (Å²) >= 11 is 0. The molecule has 2 atom stereocenters. The lowest BCUT2D eigenvalue weighted by Gasteiger charge is -2.21. The van der Waals surface area contributed by atoms with Crippen LogP contribution in [0.25, 0.3) is 22.6 Å². The van der Waals surface area contributed by atoms with Crippen LogP contribution in [-0.4, -0.2) is 72.7 Å². The summed E-state index contributed by atoms with van der Waals surface area (Å²) in [7, 11) is 0. The fourth-order valence-corrected chi connectivity index (χ4v) is 5.60. The molecule has 2 saturated heterocycles. The molecule has 2 fully saturated rings. The summed E-state index contributed by atoms with van der Waals surface area (Å²) in [5, 5.41) is 3.14. The number of likely N-dealkylation sites (tertiary alicyclic amines) is 2. The lowest BCUT2D eigenvalue weighted by molar-refractivity contribution is 0.0732. The van der Waals surface area contributed by atoms with Crippen LogP contribution in [-0.2, 0) is 0 Å². The number of carbonyl (C=O) groups excluding carboxylic acids is 2. The van der Waals surface area contributed by atoms with Crippen LogP contribution >= 0.6 is 0 Å². The van der Waals surface area contributed by atoms with Gasteiger partial charge in [-0.05, 0) is 48.5 Å². The molecule has 0 spiro atoms. The van der Waals surface area contributed by atoms with E-state index in [0.717, 1.165) is 11.0 Å². The Balaban J connectivity index is 1.00. The zero-order valence-electron chi connectivity index (χ0n) is 21.6. The van der Waals surface area contributed by atoms with Crippen LogP contribution in [0.15, 0.2) is 85.1 Å². The molecule has 4 aromatic heterocycles. The Morgan fingerprint density at radius 1 is 0.700 bits per heavy atom. The van der Waals surface area contributed by atoms with Gasteiger partial charge in [0.05, 0.1) is 11.0 Å². The van der Waals surface area contributed by atoms with Crippen LogP contribution in [0.5, 0.6) is 0 Å². The number of anilines is 2. The van der Waals surface area contributed by atoms with E-state index >= 15 is 0 Å². The summed E-state index contributed by atoms with van der Waals surface area (Å²) in [6.07, 6.45) is 1.70. The first-order valence-corrected chi connectivity index (χ1v) is 13.3. The highest BCUT2D eigenvalue weighted by molar-refractivity contribution is 5.94. The molecule has 40 heavy (non-hydrogen) atoms. The fourth-order valence-electron chi connectivity index (χ4n) is 5.60. The van der Waals surface area contributed by atoms with Crippen LogP contribution in [0, 0.1) is 11.8 Å². The van der Waals surface area contributed by atoms with Crippen molar-refractivity contribution in [1.82, 2.24) is 34.7 Å². The minimum Gasteiger partial charge on any atom is -0.337 e. The van der Waals surface area contributed by atoms with Crippen molar-refractivity contribution in [1.29, 1.82) is 0 Å². The highest BCUT2D eigenvalue weighted by Gasteiger charge is 2.43. The molecule has 0 aliphatic carbocycles. The van der Waals surface area contributed by atoms with Gasteiger partial charge in [-0.25, -0.2) is 19.9 Å². The maximum atomic E-state index is 13.4. The second kappa shape index (κ2) is 9.88. The number of H-pyrrole nitrogens is 1. The minimum absolute atomic E-state index is 0.0970. The van der Waals surface area contributed by atoms with E-state index in [1.54, 1.807) is 18.3 Å². The smallest absolute Gasteiger partial charge is 0.272 e. The highest BCUT2D eigenvalue weighted by atomic mass is 16.2. The van der Waals surface area contributed by atoms with Crippen LogP contribution in [0.4, 0.5) is 11.6 Å². The van der Waals surface area contributed by atoms with Gasteiger partial charge in [0, 0.05) is 44.2 Å². The van der Waals surface area contributed by atoms with Gasteiger partial charge in [-0.1, -0.05) is 30.3 Å². The summed E-state index contributed by atoms with van der Waals surface area (Å²) in [5.41, 5.74) is 3.20. The molecular weight excluding hydrogens is 504 g/mol. The molecule has 2 amide bonds. The number of hydrogen-bond donors (Lipinski definition) is 2. The molecule has 5 aromatic rings. The van der Waals surface area contributed by atoms with Crippen molar-refractivity contribution >= 4 is 34.5 Å². The Kier molecular flexibility index (Phi) is 5.92. The van der Waals surface area contributed by atoms with E-state index in [-0.39, 0.29) is 23.7 Å². The monoisotopic (exact) mass is 530 g/mol. The van der Waals surface area contributed by atoms with E-state index in [0.29, 0.717) is 60.7 Å². The number of benzene rings is 1. The van der Waals surface area contributed by atoms with Crippen molar-refractivity contribution < 1.29 is 9.59 Å². The average Bonchev–Trinajstić information content (AvgIpc) is 3.71. The number of nitrogens with one attached hydrogen (secondary N) is 2. The third-order valence-electron chi connectivity index (χ3n) is 7.55. The van der Waals surface area contributed by atoms with Gasteiger partial charge in [-0.2, -0.15) is 0 Å². The number of nitrogens with zero attached hydrogens (tertiary/aromatic N) is 6. The normalized spacial score (nSPS) is 18.2. The summed E-state index contributed by atoms with van der Waals surface area (Å²) < 4.78 is 0. The van der Waals surface area contributed by atoms with Crippen LogP contribution in [0.2, 0.25) is 0 Å². The Bertz CT molecular complexity index is 1670. The van der Waals surface area contributed by atoms with Gasteiger partial charge in [0.1, 0.15) is 28.7 Å². The zero-order chi connectivity index (χ0) is 27.1. The molecule has 10 nitrogen and oxygen atoms in total. The molecule has 0 saturated carbocycles. The Morgan fingerprint density at radius 3 is 2.05 bits per heavy atom. The molecule has 2 aliphatic rings. The van der Waals surface area contributed by atoms with Crippen molar-refractivity contribution in [3.8, 4) is 11.5 Å². The molecule has 2 aliphatic heterocycles. The Labute approximate surface area is 230 Å². The Hall–Kier alpha value is -5.12. The first kappa shape index (κ1) is 24.0. The number of aromatic amines is 1. The SMILES string of the molecule is O=C(c1cccc(Nc2ccccn2)n1)N1CC2CN(C(=O)c3cccc(-c4nc5ccccc5[nH]4)n3)CC2C1. The second-order valence-corrected chi connectivity index (χ2v) is 10.2. The lowest BCUT2D eigenvalue weighted by atomic mass is 10.0. The molecule has 7 rings (SSSR count). The third-order valence-corrected chi connectivity index (χ3v) is 7.55. The number of carbonyl (C=O) groups is 2. The van der Waals surface area contributed by atoms with E-state index in [1.807, 2.05) is 76.5 Å². The van der Waals surface area contributed by atoms with Crippen molar-refractivity contribution in [2.45, 2.75) is 0 Å². The molecule has 1 aromatic carbocycles. The van der Waals surface area contributed by atoms with E-state index in [1.165, 1.54) is 0 Å². The maximum Gasteiger partial charge on any atom is 0.272 e. The van der Waals surface area contributed by atoms with Gasteiger partial charge >= 0.3 is 0 Å². The predicted molar refractivity (Wildman–Crippen MR) is 150 cm³/mol. The largest absolute Gasteiger partial charge is 0.337 e. The summed E-state index contributed by atoms with van der Waals surface area (Å²) in [6.45, 7) is 2.38. The number of hydrogen-bond acceptors (Lipinski definition) is 7. The fraction of sp³-hybridized carbons (Fsp3) is 0.200. The van der Waals surface area contributed by atoms with Gasteiger partial charge in [0.2, 0.25) is 0 Å². The number of para-hydroxylation sites is 2. The average molecular weight is 531 g/mol. The van der Waals surface area contributed by atoms with Crippen LogP contribution < -0.4 is 5.32 Å². The van der Waals surface area contributed by atoms with Crippen molar-refractivity contribution in [3.63, 3.8) is 0 Å². The molecular formula is C30H26N8O2. The van der Waals surface area contributed by atoms with Crippen molar-refractivity contribution in [2.75, 3.05) is 31.5 Å². The van der Waals surface area contributed by atoms with Gasteiger partial charge in [0.25, 0.3) is 11.8 Å². The van der Waals surface area contributed by atoms with Gasteiger partial charge < -0.3 is 20.1 Å². The van der Waals surface area contributed by atoms with Crippen molar-refractivity contribution in [3.05, 3.63) is 96.4 Å². The molecule has 0 radical (unpaired) electrons. The van der Waals surface area contributed by atoms with Crippen molar-refractivity contribution in [2.24, 2.45) is 11.8 Å².